The van der Waals surface area contributed by atoms with Crippen LogP contribution in [0.4, 0.5) is 18.9 Å². The molecule has 3 N–H and O–H groups in total. The molecule has 0 fully saturated rings. The van der Waals surface area contributed by atoms with Crippen LogP contribution in [-0.2, 0) is 6.18 Å². The average molecular weight is 363 g/mol. The number of nitrogens with two attached hydrogens (primary N) is 1. The molecule has 1 aromatic carbocycles. The molecular formula is C14H14ClF3N4O2. The van der Waals surface area contributed by atoms with Gasteiger partial charge in [-0.25, -0.2) is 5.84 Å². The van der Waals surface area contributed by atoms with E-state index in [9.17, 15) is 18.0 Å². The molecule has 0 amide bonds. The standard InChI is InChI=1S/C14H14ClF3N4O2/c15-12-11(21(19)5-2-6-23)8-20-22(13(12)24)10-4-1-3-9(7-10)14(16,17)18/h1,3-4,7-8,23H,2,5-6,19H2. The van der Waals surface area contributed by atoms with Crippen LogP contribution < -0.4 is 16.4 Å². The summed E-state index contributed by atoms with van der Waals surface area (Å²) in [7, 11) is 0. The van der Waals surface area contributed by atoms with Gasteiger partial charge in [-0.3, -0.25) is 4.79 Å². The van der Waals surface area contributed by atoms with Gasteiger partial charge in [0.15, 0.2) is 0 Å². The minimum Gasteiger partial charge on any atom is -0.396 e. The second kappa shape index (κ2) is 7.20. The molecule has 6 nitrogen and oxygen atoms in total. The van der Waals surface area contributed by atoms with Crippen LogP contribution in [0.5, 0.6) is 0 Å². The van der Waals surface area contributed by atoms with E-state index in [1.807, 2.05) is 0 Å². The molecule has 0 aliphatic heterocycles. The summed E-state index contributed by atoms with van der Waals surface area (Å²) in [6, 6.07) is 4.17. The summed E-state index contributed by atoms with van der Waals surface area (Å²) in [5, 5.41) is 13.5. The van der Waals surface area contributed by atoms with Gasteiger partial charge in [0.1, 0.15) is 5.02 Å². The first-order valence-electron chi connectivity index (χ1n) is 6.84. The van der Waals surface area contributed by atoms with Crippen molar-refractivity contribution < 1.29 is 18.3 Å². The lowest BCUT2D eigenvalue weighted by Gasteiger charge is -2.19. The minimum atomic E-state index is -4.54. The van der Waals surface area contributed by atoms with Gasteiger partial charge in [-0.1, -0.05) is 17.7 Å². The zero-order valence-electron chi connectivity index (χ0n) is 12.3. The summed E-state index contributed by atoms with van der Waals surface area (Å²) in [5.74, 6) is 5.72. The van der Waals surface area contributed by atoms with E-state index < -0.39 is 17.3 Å². The lowest BCUT2D eigenvalue weighted by Crippen LogP contribution is -2.35. The first-order chi connectivity index (χ1) is 11.3. The van der Waals surface area contributed by atoms with Crippen LogP contribution in [-0.4, -0.2) is 28.0 Å². The van der Waals surface area contributed by atoms with Crippen molar-refractivity contribution in [1.82, 2.24) is 9.78 Å². The number of aromatic nitrogens is 2. The van der Waals surface area contributed by atoms with E-state index in [-0.39, 0.29) is 29.5 Å². The van der Waals surface area contributed by atoms with Crippen LogP contribution in [0.15, 0.2) is 35.3 Å². The van der Waals surface area contributed by atoms with Crippen LogP contribution in [0.3, 0.4) is 0 Å². The van der Waals surface area contributed by atoms with E-state index in [2.05, 4.69) is 5.10 Å². The molecule has 24 heavy (non-hydrogen) atoms. The fraction of sp³-hybridized carbons (Fsp3) is 0.286. The van der Waals surface area contributed by atoms with Gasteiger partial charge in [0, 0.05) is 13.2 Å². The number of anilines is 1. The van der Waals surface area contributed by atoms with Crippen LogP contribution in [0.2, 0.25) is 5.02 Å². The number of aliphatic hydroxyl groups is 1. The number of benzene rings is 1. The average Bonchev–Trinajstić information content (AvgIpc) is 2.54. The third kappa shape index (κ3) is 3.86. The topological polar surface area (TPSA) is 84.4 Å². The van der Waals surface area contributed by atoms with E-state index >= 15 is 0 Å². The number of nitrogens with zero attached hydrogens (tertiary/aromatic N) is 3. The predicted molar refractivity (Wildman–Crippen MR) is 83.1 cm³/mol. The summed E-state index contributed by atoms with van der Waals surface area (Å²) >= 11 is 5.97. The molecule has 10 heteroatoms. The fourth-order valence-electron chi connectivity index (χ4n) is 1.98. The molecule has 130 valence electrons. The summed E-state index contributed by atoms with van der Waals surface area (Å²) in [4.78, 5) is 12.3. The normalized spacial score (nSPS) is 11.6. The third-order valence-electron chi connectivity index (χ3n) is 3.19. The number of rotatable bonds is 5. The maximum atomic E-state index is 12.8. The Morgan fingerprint density at radius 3 is 2.71 bits per heavy atom. The van der Waals surface area contributed by atoms with Crippen molar-refractivity contribution in [2.75, 3.05) is 18.2 Å². The van der Waals surface area contributed by atoms with Gasteiger partial charge in [-0.2, -0.15) is 23.0 Å². The summed E-state index contributed by atoms with van der Waals surface area (Å²) in [6.07, 6.45) is -3.01. The molecule has 0 unspecified atom stereocenters. The van der Waals surface area contributed by atoms with E-state index in [0.29, 0.717) is 6.42 Å². The highest BCUT2D eigenvalue weighted by atomic mass is 35.5. The fourth-order valence-corrected chi connectivity index (χ4v) is 2.22. The van der Waals surface area contributed by atoms with Crippen molar-refractivity contribution in [1.29, 1.82) is 0 Å². The Balaban J connectivity index is 2.44. The summed E-state index contributed by atoms with van der Waals surface area (Å²) in [6.45, 7) is 0.130. The second-order valence-corrected chi connectivity index (χ2v) is 5.26. The van der Waals surface area contributed by atoms with E-state index in [1.54, 1.807) is 0 Å². The van der Waals surface area contributed by atoms with Crippen molar-refractivity contribution in [3.8, 4) is 5.69 Å². The maximum Gasteiger partial charge on any atom is 0.416 e. The van der Waals surface area contributed by atoms with Crippen LogP contribution >= 0.6 is 11.6 Å². The Bertz CT molecular complexity index is 779. The third-order valence-corrected chi connectivity index (χ3v) is 3.54. The summed E-state index contributed by atoms with van der Waals surface area (Å²) in [5.41, 5.74) is -1.65. The first kappa shape index (κ1) is 18.2. The van der Waals surface area contributed by atoms with Gasteiger partial charge in [0.05, 0.1) is 23.1 Å². The van der Waals surface area contributed by atoms with Gasteiger partial charge in [-0.15, -0.1) is 0 Å². The number of alkyl halides is 3. The smallest absolute Gasteiger partial charge is 0.396 e. The molecule has 1 heterocycles. The van der Waals surface area contributed by atoms with Crippen LogP contribution in [0.1, 0.15) is 12.0 Å². The van der Waals surface area contributed by atoms with Crippen molar-refractivity contribution >= 4 is 17.3 Å². The lowest BCUT2D eigenvalue weighted by molar-refractivity contribution is -0.137. The molecule has 0 saturated carbocycles. The Morgan fingerprint density at radius 2 is 2.08 bits per heavy atom. The number of hydrazine groups is 1. The Hall–Kier alpha value is -2.10. The SMILES string of the molecule is NN(CCCO)c1cnn(-c2cccc(C(F)(F)F)c2)c(=O)c1Cl. The Labute approximate surface area is 139 Å². The van der Waals surface area contributed by atoms with Crippen molar-refractivity contribution in [2.24, 2.45) is 5.84 Å². The van der Waals surface area contributed by atoms with E-state index in [0.717, 1.165) is 21.8 Å². The van der Waals surface area contributed by atoms with Gasteiger partial charge in [0.25, 0.3) is 5.56 Å². The van der Waals surface area contributed by atoms with Gasteiger partial charge >= 0.3 is 6.18 Å². The molecule has 0 radical (unpaired) electrons. The largest absolute Gasteiger partial charge is 0.416 e. The van der Waals surface area contributed by atoms with Crippen molar-refractivity contribution in [3.63, 3.8) is 0 Å². The van der Waals surface area contributed by atoms with E-state index in [4.69, 9.17) is 22.6 Å². The van der Waals surface area contributed by atoms with Crippen LogP contribution in [0, 0.1) is 0 Å². The van der Waals surface area contributed by atoms with Gasteiger partial charge < -0.3 is 10.1 Å². The van der Waals surface area contributed by atoms with Gasteiger partial charge in [0.2, 0.25) is 0 Å². The molecule has 0 bridgehead atoms. The monoisotopic (exact) mass is 362 g/mol. The molecule has 1 aromatic heterocycles. The number of hydrogen-bond acceptors (Lipinski definition) is 5. The molecule has 2 aromatic rings. The highest BCUT2D eigenvalue weighted by Crippen LogP contribution is 2.30. The number of aliphatic hydroxyl groups excluding tert-OH is 1. The number of halogens is 4. The lowest BCUT2D eigenvalue weighted by atomic mass is 10.2. The molecule has 0 aliphatic rings. The highest BCUT2D eigenvalue weighted by Gasteiger charge is 2.30. The zero-order chi connectivity index (χ0) is 17.9. The molecule has 2 rings (SSSR count). The van der Waals surface area contributed by atoms with Crippen molar-refractivity contribution in [3.05, 3.63) is 51.4 Å². The zero-order valence-corrected chi connectivity index (χ0v) is 13.1. The van der Waals surface area contributed by atoms with E-state index in [1.165, 1.54) is 18.3 Å². The quantitative estimate of drug-likeness (QED) is 0.627. The summed E-state index contributed by atoms with van der Waals surface area (Å²) < 4.78 is 39.1. The molecule has 0 atom stereocenters. The molecular weight excluding hydrogens is 349 g/mol. The molecule has 0 aliphatic carbocycles. The first-order valence-corrected chi connectivity index (χ1v) is 7.22. The Kier molecular flexibility index (Phi) is 5.47. The van der Waals surface area contributed by atoms with Crippen LogP contribution in [0.25, 0.3) is 5.69 Å². The van der Waals surface area contributed by atoms with Crippen molar-refractivity contribution in [2.45, 2.75) is 12.6 Å². The highest BCUT2D eigenvalue weighted by molar-refractivity contribution is 6.33. The maximum absolute atomic E-state index is 12.8. The molecule has 0 spiro atoms. The van der Waals surface area contributed by atoms with Gasteiger partial charge in [-0.05, 0) is 24.6 Å². The number of hydrogen-bond donors (Lipinski definition) is 2. The minimum absolute atomic E-state index is 0.0674. The Morgan fingerprint density at radius 1 is 1.38 bits per heavy atom. The molecule has 0 saturated heterocycles. The predicted octanol–water partition coefficient (Wildman–Crippen LogP) is 1.97. The second-order valence-electron chi connectivity index (χ2n) is 4.88.